The second kappa shape index (κ2) is 4.13. The van der Waals surface area contributed by atoms with Gasteiger partial charge < -0.3 is 15.5 Å². The minimum absolute atomic E-state index is 0.00130. The van der Waals surface area contributed by atoms with Crippen LogP contribution in [0.4, 0.5) is 19.0 Å². The van der Waals surface area contributed by atoms with E-state index in [-0.39, 0.29) is 16.8 Å². The van der Waals surface area contributed by atoms with E-state index in [0.29, 0.717) is 0 Å². The highest BCUT2D eigenvalue weighted by atomic mass is 79.9. The van der Waals surface area contributed by atoms with Crippen molar-refractivity contribution in [2.75, 3.05) is 5.73 Å². The minimum Gasteiger partial charge on any atom is -0.400 e. The molecule has 3 N–H and O–H groups in total. The van der Waals surface area contributed by atoms with Crippen LogP contribution in [0.25, 0.3) is 0 Å². The number of pyridine rings is 1. The summed E-state index contributed by atoms with van der Waals surface area (Å²) < 4.78 is 39.3. The Balaban J connectivity index is 3.22. The topological polar surface area (TPSA) is 68.1 Å². The fourth-order valence-corrected chi connectivity index (χ4v) is 1.34. The van der Waals surface area contributed by atoms with E-state index in [1.165, 1.54) is 0 Å². The molecule has 0 aliphatic rings. The molecule has 0 radical (unpaired) electrons. The number of alkyl halides is 4. The van der Waals surface area contributed by atoms with Gasteiger partial charge in [-0.3, -0.25) is 4.79 Å². The average molecular weight is 287 g/mol. The maximum atomic E-state index is 11.9. The lowest BCUT2D eigenvalue weighted by molar-refractivity contribution is -0.275. The molecule has 0 aromatic carbocycles. The molecule has 0 bridgehead atoms. The molecule has 1 rings (SSSR count). The molecule has 0 unspecified atom stereocenters. The third kappa shape index (κ3) is 3.15. The lowest BCUT2D eigenvalue weighted by Gasteiger charge is -2.11. The summed E-state index contributed by atoms with van der Waals surface area (Å²) in [6.07, 6.45) is -4.90. The van der Waals surface area contributed by atoms with E-state index in [0.717, 1.165) is 6.07 Å². The van der Waals surface area contributed by atoms with Crippen LogP contribution < -0.4 is 15.9 Å². The van der Waals surface area contributed by atoms with E-state index in [1.807, 2.05) is 0 Å². The maximum Gasteiger partial charge on any atom is 0.573 e. The number of aromatic nitrogens is 1. The molecule has 1 aromatic rings. The van der Waals surface area contributed by atoms with Crippen LogP contribution in [0.1, 0.15) is 5.69 Å². The smallest absolute Gasteiger partial charge is 0.400 e. The van der Waals surface area contributed by atoms with Gasteiger partial charge in [0.2, 0.25) is 5.43 Å². The molecule has 0 amide bonds. The third-order valence-electron chi connectivity index (χ3n) is 1.43. The van der Waals surface area contributed by atoms with E-state index >= 15 is 0 Å². The average Bonchev–Trinajstić information content (AvgIpc) is 2.07. The molecule has 84 valence electrons. The molecular weight excluding hydrogens is 281 g/mol. The van der Waals surface area contributed by atoms with Crippen molar-refractivity contribution in [3.05, 3.63) is 22.0 Å². The molecule has 0 atom stereocenters. The molecule has 0 spiro atoms. The van der Waals surface area contributed by atoms with E-state index in [2.05, 4.69) is 25.7 Å². The Kier molecular flexibility index (Phi) is 3.28. The van der Waals surface area contributed by atoms with Crippen LogP contribution in [0.5, 0.6) is 5.75 Å². The molecule has 0 aliphatic carbocycles. The van der Waals surface area contributed by atoms with Gasteiger partial charge >= 0.3 is 6.36 Å². The predicted octanol–water partition coefficient (Wildman–Crippen LogP) is 1.75. The van der Waals surface area contributed by atoms with Gasteiger partial charge in [0.15, 0.2) is 5.75 Å². The number of nitrogens with one attached hydrogen (secondary N) is 1. The van der Waals surface area contributed by atoms with Crippen LogP contribution in [-0.2, 0) is 5.33 Å². The number of nitrogens with two attached hydrogens (primary N) is 1. The number of H-pyrrole nitrogens is 1. The lowest BCUT2D eigenvalue weighted by atomic mass is 10.3. The number of ether oxygens (including phenoxy) is 1. The first-order chi connectivity index (χ1) is 6.83. The Bertz CT molecular complexity index is 416. The van der Waals surface area contributed by atoms with Gasteiger partial charge in [0.25, 0.3) is 0 Å². The summed E-state index contributed by atoms with van der Waals surface area (Å²) in [5, 5.41) is -0.00130. The molecule has 15 heavy (non-hydrogen) atoms. The first kappa shape index (κ1) is 11.9. The zero-order chi connectivity index (χ0) is 11.6. The molecule has 0 aliphatic heterocycles. The van der Waals surface area contributed by atoms with Crippen molar-refractivity contribution in [3.63, 3.8) is 0 Å². The van der Waals surface area contributed by atoms with Gasteiger partial charge in [-0.05, 0) is 0 Å². The number of rotatable bonds is 2. The molecule has 0 saturated carbocycles. The van der Waals surface area contributed by atoms with Crippen molar-refractivity contribution in [1.29, 1.82) is 0 Å². The highest BCUT2D eigenvalue weighted by molar-refractivity contribution is 9.08. The Hall–Kier alpha value is -1.18. The summed E-state index contributed by atoms with van der Waals surface area (Å²) in [5.41, 5.74) is 4.28. The summed E-state index contributed by atoms with van der Waals surface area (Å²) in [6.45, 7) is 0. The van der Waals surface area contributed by atoms with Crippen molar-refractivity contribution in [2.24, 2.45) is 0 Å². The Morgan fingerprint density at radius 1 is 1.53 bits per heavy atom. The molecule has 0 saturated heterocycles. The van der Waals surface area contributed by atoms with Gasteiger partial charge in [0, 0.05) is 11.4 Å². The van der Waals surface area contributed by atoms with Crippen molar-refractivity contribution in [2.45, 2.75) is 11.7 Å². The highest BCUT2D eigenvalue weighted by Gasteiger charge is 2.33. The van der Waals surface area contributed by atoms with E-state index in [9.17, 15) is 18.0 Å². The standard InChI is InChI=1S/C7H6BrF3N2O2/c8-2-3-6(15-7(9,10)11)4(14)1-5(12)13-3/h1H,2H2,(H3,12,13,14). The van der Waals surface area contributed by atoms with E-state index < -0.39 is 17.5 Å². The van der Waals surface area contributed by atoms with Crippen LogP contribution in [0, 0.1) is 0 Å². The molecule has 0 fully saturated rings. The maximum absolute atomic E-state index is 11.9. The van der Waals surface area contributed by atoms with E-state index in [1.54, 1.807) is 0 Å². The lowest BCUT2D eigenvalue weighted by Crippen LogP contribution is -2.23. The van der Waals surface area contributed by atoms with Crippen molar-refractivity contribution >= 4 is 21.7 Å². The van der Waals surface area contributed by atoms with Crippen LogP contribution in [-0.4, -0.2) is 11.3 Å². The second-order valence-corrected chi connectivity index (χ2v) is 3.14. The Labute approximate surface area is 90.4 Å². The van der Waals surface area contributed by atoms with Gasteiger partial charge in [0.1, 0.15) is 5.82 Å². The van der Waals surface area contributed by atoms with Gasteiger partial charge in [-0.25, -0.2) is 0 Å². The Morgan fingerprint density at radius 3 is 2.60 bits per heavy atom. The predicted molar refractivity (Wildman–Crippen MR) is 50.8 cm³/mol. The second-order valence-electron chi connectivity index (χ2n) is 2.58. The monoisotopic (exact) mass is 286 g/mol. The minimum atomic E-state index is -4.90. The van der Waals surface area contributed by atoms with Crippen LogP contribution in [0.2, 0.25) is 0 Å². The fraction of sp³-hybridized carbons (Fsp3) is 0.286. The number of hydrogen-bond donors (Lipinski definition) is 2. The largest absolute Gasteiger partial charge is 0.573 e. The third-order valence-corrected chi connectivity index (χ3v) is 1.99. The summed E-state index contributed by atoms with van der Waals surface area (Å²) in [7, 11) is 0. The zero-order valence-electron chi connectivity index (χ0n) is 7.19. The van der Waals surface area contributed by atoms with Crippen LogP contribution >= 0.6 is 15.9 Å². The first-order valence-corrected chi connectivity index (χ1v) is 4.79. The number of aromatic amines is 1. The van der Waals surface area contributed by atoms with Crippen LogP contribution in [0.3, 0.4) is 0 Å². The fourth-order valence-electron chi connectivity index (χ4n) is 0.944. The van der Waals surface area contributed by atoms with Gasteiger partial charge in [0.05, 0.1) is 5.69 Å². The van der Waals surface area contributed by atoms with Gasteiger partial charge in [-0.15, -0.1) is 13.2 Å². The van der Waals surface area contributed by atoms with Gasteiger partial charge in [-0.1, -0.05) is 15.9 Å². The molecule has 4 nitrogen and oxygen atoms in total. The van der Waals surface area contributed by atoms with Crippen molar-refractivity contribution < 1.29 is 17.9 Å². The summed E-state index contributed by atoms with van der Waals surface area (Å²) >= 11 is 2.91. The first-order valence-electron chi connectivity index (χ1n) is 3.67. The highest BCUT2D eigenvalue weighted by Crippen LogP contribution is 2.23. The number of hydrogen-bond acceptors (Lipinski definition) is 3. The molecular formula is C7H6BrF3N2O2. The zero-order valence-corrected chi connectivity index (χ0v) is 8.78. The molecule has 8 heteroatoms. The van der Waals surface area contributed by atoms with E-state index in [4.69, 9.17) is 5.73 Å². The molecule has 1 aromatic heterocycles. The number of nitrogen functional groups attached to an aromatic ring is 1. The van der Waals surface area contributed by atoms with Crippen LogP contribution in [0.15, 0.2) is 10.9 Å². The Morgan fingerprint density at radius 2 is 2.13 bits per heavy atom. The van der Waals surface area contributed by atoms with Gasteiger partial charge in [-0.2, -0.15) is 0 Å². The number of anilines is 1. The van der Waals surface area contributed by atoms with Crippen molar-refractivity contribution in [1.82, 2.24) is 4.98 Å². The SMILES string of the molecule is Nc1cc(=O)c(OC(F)(F)F)c(CBr)[nH]1. The molecule has 1 heterocycles. The summed E-state index contributed by atoms with van der Waals surface area (Å²) in [4.78, 5) is 13.5. The summed E-state index contributed by atoms with van der Waals surface area (Å²) in [6, 6.07) is 0.827. The number of halogens is 4. The normalized spacial score (nSPS) is 11.5. The summed E-state index contributed by atoms with van der Waals surface area (Å²) in [5.74, 6) is -0.822. The van der Waals surface area contributed by atoms with Crippen molar-refractivity contribution in [3.8, 4) is 5.75 Å². The quantitative estimate of drug-likeness (QED) is 0.814.